The van der Waals surface area contributed by atoms with Gasteiger partial charge in [0.25, 0.3) is 5.91 Å². The van der Waals surface area contributed by atoms with Gasteiger partial charge in [-0.05, 0) is 36.8 Å². The zero-order chi connectivity index (χ0) is 15.9. The van der Waals surface area contributed by atoms with Crippen LogP contribution in [-0.4, -0.2) is 10.5 Å². The summed E-state index contributed by atoms with van der Waals surface area (Å²) in [7, 11) is 1.91. The SMILES string of the molecule is Cc1cccc2sc(=NC(=O)c3cc(Cl)cc(Cl)c3)n(C)c12. The number of hydrogen-bond donors (Lipinski definition) is 0. The summed E-state index contributed by atoms with van der Waals surface area (Å²) >= 11 is 13.3. The monoisotopic (exact) mass is 350 g/mol. The molecule has 0 saturated carbocycles. The van der Waals surface area contributed by atoms with Gasteiger partial charge in [0.15, 0.2) is 4.80 Å². The third-order valence-electron chi connectivity index (χ3n) is 3.33. The largest absolute Gasteiger partial charge is 0.319 e. The third kappa shape index (κ3) is 2.82. The van der Waals surface area contributed by atoms with Crippen LogP contribution in [0.4, 0.5) is 0 Å². The van der Waals surface area contributed by atoms with Crippen molar-refractivity contribution < 1.29 is 4.79 Å². The molecule has 0 fully saturated rings. The van der Waals surface area contributed by atoms with Crippen LogP contribution in [0.1, 0.15) is 15.9 Å². The fourth-order valence-electron chi connectivity index (χ4n) is 2.33. The van der Waals surface area contributed by atoms with Gasteiger partial charge in [-0.2, -0.15) is 4.99 Å². The van der Waals surface area contributed by atoms with Gasteiger partial charge in [0.2, 0.25) is 0 Å². The minimum absolute atomic E-state index is 0.357. The van der Waals surface area contributed by atoms with Crippen LogP contribution in [0.2, 0.25) is 10.0 Å². The molecule has 0 spiro atoms. The molecule has 0 N–H and O–H groups in total. The summed E-state index contributed by atoms with van der Waals surface area (Å²) in [6.07, 6.45) is 0. The van der Waals surface area contributed by atoms with Crippen LogP contribution in [0.25, 0.3) is 10.2 Å². The summed E-state index contributed by atoms with van der Waals surface area (Å²) in [4.78, 5) is 17.2. The van der Waals surface area contributed by atoms with E-state index in [1.54, 1.807) is 18.2 Å². The first-order valence-corrected chi connectivity index (χ1v) is 8.13. The number of carbonyl (C=O) groups excluding carboxylic acids is 1. The van der Waals surface area contributed by atoms with Crippen molar-refractivity contribution in [3.8, 4) is 0 Å². The predicted octanol–water partition coefficient (Wildman–Crippen LogP) is 4.60. The first kappa shape index (κ1) is 15.3. The van der Waals surface area contributed by atoms with Gasteiger partial charge in [-0.25, -0.2) is 0 Å². The van der Waals surface area contributed by atoms with Crippen molar-refractivity contribution in [1.82, 2.24) is 4.57 Å². The van der Waals surface area contributed by atoms with E-state index in [-0.39, 0.29) is 5.91 Å². The van der Waals surface area contributed by atoms with Crippen LogP contribution in [0.15, 0.2) is 41.4 Å². The molecule has 22 heavy (non-hydrogen) atoms. The maximum atomic E-state index is 12.3. The van der Waals surface area contributed by atoms with E-state index in [2.05, 4.69) is 4.99 Å². The topological polar surface area (TPSA) is 34.4 Å². The van der Waals surface area contributed by atoms with Crippen LogP contribution >= 0.6 is 34.5 Å². The minimum Gasteiger partial charge on any atom is -0.319 e. The van der Waals surface area contributed by atoms with E-state index in [9.17, 15) is 4.79 Å². The number of fused-ring (bicyclic) bond motifs is 1. The molecule has 3 aromatic rings. The number of para-hydroxylation sites is 1. The Hall–Kier alpha value is -1.62. The third-order valence-corrected chi connectivity index (χ3v) is 4.86. The van der Waals surface area contributed by atoms with E-state index in [1.807, 2.05) is 36.7 Å². The number of nitrogens with zero attached hydrogens (tertiary/aromatic N) is 2. The molecule has 112 valence electrons. The van der Waals surface area contributed by atoms with Crippen molar-refractivity contribution >= 4 is 50.7 Å². The predicted molar refractivity (Wildman–Crippen MR) is 91.9 cm³/mol. The molecular weight excluding hydrogens is 339 g/mol. The Morgan fingerprint density at radius 1 is 1.18 bits per heavy atom. The average Bonchev–Trinajstić information content (AvgIpc) is 2.75. The van der Waals surface area contributed by atoms with Crippen LogP contribution in [0, 0.1) is 6.92 Å². The van der Waals surface area contributed by atoms with Crippen LogP contribution < -0.4 is 4.80 Å². The van der Waals surface area contributed by atoms with E-state index < -0.39 is 0 Å². The number of aromatic nitrogens is 1. The number of amides is 1. The van der Waals surface area contributed by atoms with Gasteiger partial charge < -0.3 is 4.57 Å². The Morgan fingerprint density at radius 2 is 1.86 bits per heavy atom. The molecule has 6 heteroatoms. The van der Waals surface area contributed by atoms with Gasteiger partial charge in [-0.3, -0.25) is 4.79 Å². The number of thiazole rings is 1. The Morgan fingerprint density at radius 3 is 2.50 bits per heavy atom. The normalized spacial score (nSPS) is 12.1. The van der Waals surface area contributed by atoms with E-state index in [1.165, 1.54) is 11.3 Å². The number of rotatable bonds is 1. The highest BCUT2D eigenvalue weighted by Crippen LogP contribution is 2.21. The standard InChI is InChI=1S/C16H12Cl2N2OS/c1-9-4-3-5-13-14(9)20(2)16(22-13)19-15(21)10-6-11(17)8-12(18)7-10/h3-8H,1-2H3. The van der Waals surface area contributed by atoms with Crippen molar-refractivity contribution in [3.63, 3.8) is 0 Å². The fourth-order valence-corrected chi connectivity index (χ4v) is 3.95. The summed E-state index contributed by atoms with van der Waals surface area (Å²) in [5.74, 6) is -0.357. The average molecular weight is 351 g/mol. The van der Waals surface area contributed by atoms with Gasteiger partial charge in [0.05, 0.1) is 10.2 Å². The molecule has 0 aliphatic heterocycles. The lowest BCUT2D eigenvalue weighted by molar-refractivity contribution is 0.0998. The van der Waals surface area contributed by atoms with E-state index in [0.29, 0.717) is 20.4 Å². The molecule has 0 saturated heterocycles. The van der Waals surface area contributed by atoms with Crippen LogP contribution in [-0.2, 0) is 7.05 Å². The summed E-state index contributed by atoms with van der Waals surface area (Å²) in [6, 6.07) is 10.8. The smallest absolute Gasteiger partial charge is 0.279 e. The highest BCUT2D eigenvalue weighted by molar-refractivity contribution is 7.16. The molecule has 0 unspecified atom stereocenters. The Bertz CT molecular complexity index is 936. The van der Waals surface area contributed by atoms with Gasteiger partial charge in [-0.15, -0.1) is 0 Å². The first-order chi connectivity index (χ1) is 10.5. The molecule has 3 rings (SSSR count). The highest BCUT2D eigenvalue weighted by atomic mass is 35.5. The number of benzene rings is 2. The Kier molecular flexibility index (Phi) is 4.08. The zero-order valence-electron chi connectivity index (χ0n) is 11.9. The van der Waals surface area contributed by atoms with Crippen molar-refractivity contribution in [2.75, 3.05) is 0 Å². The number of carbonyl (C=O) groups is 1. The lowest BCUT2D eigenvalue weighted by atomic mass is 10.2. The van der Waals surface area contributed by atoms with Gasteiger partial charge >= 0.3 is 0 Å². The molecule has 2 aromatic carbocycles. The lowest BCUT2D eigenvalue weighted by Gasteiger charge is -2.00. The van der Waals surface area contributed by atoms with Crippen molar-refractivity contribution in [2.45, 2.75) is 6.92 Å². The van der Waals surface area contributed by atoms with Gasteiger partial charge in [-0.1, -0.05) is 46.7 Å². The second kappa shape index (κ2) is 5.88. The molecule has 3 nitrogen and oxygen atoms in total. The summed E-state index contributed by atoms with van der Waals surface area (Å²) in [5.41, 5.74) is 2.62. The van der Waals surface area contributed by atoms with Crippen LogP contribution in [0.5, 0.6) is 0 Å². The molecule has 0 radical (unpaired) electrons. The molecule has 1 heterocycles. The Labute approximate surface area is 141 Å². The lowest BCUT2D eigenvalue weighted by Crippen LogP contribution is -2.13. The molecule has 0 bridgehead atoms. The fraction of sp³-hybridized carbons (Fsp3) is 0.125. The van der Waals surface area contributed by atoms with E-state index in [4.69, 9.17) is 23.2 Å². The molecule has 1 amide bonds. The summed E-state index contributed by atoms with van der Waals surface area (Å²) in [6.45, 7) is 2.04. The maximum absolute atomic E-state index is 12.3. The van der Waals surface area contributed by atoms with E-state index >= 15 is 0 Å². The number of aryl methyl sites for hydroxylation is 2. The second-order valence-corrected chi connectivity index (χ2v) is 6.82. The maximum Gasteiger partial charge on any atom is 0.279 e. The number of hydrogen-bond acceptors (Lipinski definition) is 2. The van der Waals surface area contributed by atoms with Crippen LogP contribution in [0.3, 0.4) is 0 Å². The quantitative estimate of drug-likeness (QED) is 0.631. The minimum atomic E-state index is -0.357. The molecule has 1 aromatic heterocycles. The van der Waals surface area contributed by atoms with Crippen molar-refractivity contribution in [2.24, 2.45) is 12.0 Å². The van der Waals surface area contributed by atoms with Gasteiger partial charge in [0, 0.05) is 22.7 Å². The van der Waals surface area contributed by atoms with E-state index in [0.717, 1.165) is 15.8 Å². The zero-order valence-corrected chi connectivity index (χ0v) is 14.3. The summed E-state index contributed by atoms with van der Waals surface area (Å²) in [5, 5.41) is 0.838. The number of halogens is 2. The second-order valence-electron chi connectivity index (χ2n) is 4.94. The van der Waals surface area contributed by atoms with Crippen molar-refractivity contribution in [3.05, 3.63) is 62.4 Å². The molecular formula is C16H12Cl2N2OS. The van der Waals surface area contributed by atoms with Gasteiger partial charge in [0.1, 0.15) is 0 Å². The Balaban J connectivity index is 2.14. The molecule has 0 atom stereocenters. The highest BCUT2D eigenvalue weighted by Gasteiger charge is 2.10. The molecule has 0 aliphatic carbocycles. The molecule has 0 aliphatic rings. The first-order valence-electron chi connectivity index (χ1n) is 6.56. The summed E-state index contributed by atoms with van der Waals surface area (Å²) < 4.78 is 3.03. The van der Waals surface area contributed by atoms with Crippen molar-refractivity contribution in [1.29, 1.82) is 0 Å².